The number of benzene rings is 1. The summed E-state index contributed by atoms with van der Waals surface area (Å²) in [7, 11) is 0. The average molecular weight is 327 g/mol. The van der Waals surface area contributed by atoms with Gasteiger partial charge in [-0.1, -0.05) is 12.1 Å². The Balaban J connectivity index is 1.68. The van der Waals surface area contributed by atoms with Crippen molar-refractivity contribution in [2.24, 2.45) is 0 Å². The summed E-state index contributed by atoms with van der Waals surface area (Å²) in [6.45, 7) is 1.97. The van der Waals surface area contributed by atoms with E-state index in [1.165, 1.54) is 5.56 Å². The van der Waals surface area contributed by atoms with E-state index in [0.29, 0.717) is 17.0 Å². The first-order valence-corrected chi connectivity index (χ1v) is 8.23. The molecule has 23 heavy (non-hydrogen) atoms. The van der Waals surface area contributed by atoms with Crippen molar-refractivity contribution < 1.29 is 9.90 Å². The molecule has 0 radical (unpaired) electrons. The average Bonchev–Trinajstić information content (AvgIpc) is 3.19. The molecule has 3 aromatic rings. The highest BCUT2D eigenvalue weighted by Crippen LogP contribution is 2.27. The van der Waals surface area contributed by atoms with Crippen LogP contribution in [0, 0.1) is 0 Å². The maximum absolute atomic E-state index is 12.3. The van der Waals surface area contributed by atoms with E-state index >= 15 is 0 Å². The smallest absolute Gasteiger partial charge is 0.269 e. The number of hydrogen-bond donors (Lipinski definition) is 3. The van der Waals surface area contributed by atoms with Gasteiger partial charge in [0.25, 0.3) is 5.91 Å². The van der Waals surface area contributed by atoms with Gasteiger partial charge in [-0.05, 0) is 53.9 Å². The number of carbonyl (C=O) groups excluding carboxylic acids is 1. The Hall–Kier alpha value is -2.60. The predicted molar refractivity (Wildman–Crippen MR) is 90.6 cm³/mol. The molecule has 0 fully saturated rings. The SMILES string of the molecule is C[C@H](Cc1ccsc1)NC(=O)c1cc(-c2ccccc2O)n[nH]1. The number of nitrogens with one attached hydrogen (secondary N) is 2. The van der Waals surface area contributed by atoms with E-state index in [2.05, 4.69) is 27.0 Å². The van der Waals surface area contributed by atoms with Gasteiger partial charge in [0, 0.05) is 11.6 Å². The number of aromatic amines is 1. The van der Waals surface area contributed by atoms with Crippen LogP contribution in [0.25, 0.3) is 11.3 Å². The van der Waals surface area contributed by atoms with Crippen LogP contribution in [0.1, 0.15) is 23.0 Å². The van der Waals surface area contributed by atoms with Gasteiger partial charge >= 0.3 is 0 Å². The van der Waals surface area contributed by atoms with Crippen molar-refractivity contribution in [2.75, 3.05) is 0 Å². The highest BCUT2D eigenvalue weighted by atomic mass is 32.1. The van der Waals surface area contributed by atoms with Crippen molar-refractivity contribution in [3.8, 4) is 17.0 Å². The standard InChI is InChI=1S/C17H17N3O2S/c1-11(8-12-6-7-23-10-12)18-17(22)15-9-14(19-20-15)13-4-2-3-5-16(13)21/h2-7,9-11,21H,8H2,1H3,(H,18,22)(H,19,20)/t11-/m1/s1. The molecule has 118 valence electrons. The van der Waals surface area contributed by atoms with Gasteiger partial charge in [-0.25, -0.2) is 0 Å². The van der Waals surface area contributed by atoms with Crippen molar-refractivity contribution in [1.82, 2.24) is 15.5 Å². The van der Waals surface area contributed by atoms with Crippen molar-refractivity contribution in [1.29, 1.82) is 0 Å². The highest BCUT2D eigenvalue weighted by Gasteiger charge is 2.15. The van der Waals surface area contributed by atoms with E-state index in [-0.39, 0.29) is 17.7 Å². The molecule has 6 heteroatoms. The number of rotatable bonds is 5. The fourth-order valence-corrected chi connectivity index (χ4v) is 3.06. The summed E-state index contributed by atoms with van der Waals surface area (Å²) in [5, 5.41) is 23.7. The van der Waals surface area contributed by atoms with Gasteiger partial charge in [0.15, 0.2) is 0 Å². The number of nitrogens with zero attached hydrogens (tertiary/aromatic N) is 1. The third kappa shape index (κ3) is 3.60. The molecular formula is C17H17N3O2S. The minimum Gasteiger partial charge on any atom is -0.507 e. The second kappa shape index (κ2) is 6.66. The van der Waals surface area contributed by atoms with Gasteiger partial charge in [-0.2, -0.15) is 16.4 Å². The van der Waals surface area contributed by atoms with Crippen molar-refractivity contribution >= 4 is 17.2 Å². The number of H-pyrrole nitrogens is 1. The van der Waals surface area contributed by atoms with Crippen LogP contribution in [0.3, 0.4) is 0 Å². The monoisotopic (exact) mass is 327 g/mol. The summed E-state index contributed by atoms with van der Waals surface area (Å²) in [4.78, 5) is 12.3. The van der Waals surface area contributed by atoms with E-state index < -0.39 is 0 Å². The first-order valence-electron chi connectivity index (χ1n) is 7.29. The number of phenolic OH excluding ortho intramolecular Hbond substituents is 1. The number of para-hydroxylation sites is 1. The van der Waals surface area contributed by atoms with Crippen LogP contribution < -0.4 is 5.32 Å². The molecule has 0 aliphatic heterocycles. The summed E-state index contributed by atoms with van der Waals surface area (Å²) in [5.74, 6) is -0.0707. The molecule has 0 spiro atoms. The molecule has 0 aliphatic carbocycles. The maximum Gasteiger partial charge on any atom is 0.269 e. The molecule has 1 amide bonds. The van der Waals surface area contributed by atoms with Crippen LogP contribution in [0.2, 0.25) is 0 Å². The summed E-state index contributed by atoms with van der Waals surface area (Å²) in [6.07, 6.45) is 0.787. The molecule has 1 atom stereocenters. The fraction of sp³-hybridized carbons (Fsp3) is 0.176. The number of aromatic hydroxyl groups is 1. The number of hydrogen-bond acceptors (Lipinski definition) is 4. The quantitative estimate of drug-likeness (QED) is 0.673. The van der Waals surface area contributed by atoms with E-state index in [9.17, 15) is 9.90 Å². The topological polar surface area (TPSA) is 78.0 Å². The van der Waals surface area contributed by atoms with Gasteiger partial charge in [-0.15, -0.1) is 0 Å². The summed E-state index contributed by atoms with van der Waals surface area (Å²) < 4.78 is 0. The van der Waals surface area contributed by atoms with Crippen LogP contribution in [0.4, 0.5) is 0 Å². The lowest BCUT2D eigenvalue weighted by molar-refractivity contribution is 0.0935. The largest absolute Gasteiger partial charge is 0.507 e. The van der Waals surface area contributed by atoms with Gasteiger partial charge in [0.05, 0.1) is 5.69 Å². The Labute approximate surface area is 138 Å². The van der Waals surface area contributed by atoms with Crippen LogP contribution in [-0.4, -0.2) is 27.3 Å². The lowest BCUT2D eigenvalue weighted by Gasteiger charge is -2.12. The second-order valence-electron chi connectivity index (χ2n) is 5.39. The summed E-state index contributed by atoms with van der Waals surface area (Å²) in [6, 6.07) is 10.6. The molecule has 0 aliphatic rings. The second-order valence-corrected chi connectivity index (χ2v) is 6.17. The molecule has 0 saturated carbocycles. The van der Waals surface area contributed by atoms with E-state index in [1.54, 1.807) is 35.6 Å². The molecule has 0 unspecified atom stereocenters. The molecule has 1 aromatic carbocycles. The van der Waals surface area contributed by atoms with E-state index in [1.807, 2.05) is 18.4 Å². The zero-order valence-corrected chi connectivity index (χ0v) is 13.4. The number of phenols is 1. The predicted octanol–water partition coefficient (Wildman–Crippen LogP) is 3.20. The summed E-state index contributed by atoms with van der Waals surface area (Å²) >= 11 is 1.65. The Kier molecular flexibility index (Phi) is 4.43. The maximum atomic E-state index is 12.3. The number of thiophene rings is 1. The van der Waals surface area contributed by atoms with Gasteiger partial charge in [0.2, 0.25) is 0 Å². The van der Waals surface area contributed by atoms with E-state index in [0.717, 1.165) is 6.42 Å². The van der Waals surface area contributed by atoms with Gasteiger partial charge in [0.1, 0.15) is 11.4 Å². The number of carbonyl (C=O) groups is 1. The minimum absolute atomic E-state index is 0.0222. The third-order valence-electron chi connectivity index (χ3n) is 3.50. The summed E-state index contributed by atoms with van der Waals surface area (Å²) in [5.41, 5.74) is 2.72. The molecular weight excluding hydrogens is 310 g/mol. The first-order chi connectivity index (χ1) is 11.1. The van der Waals surface area contributed by atoms with Crippen molar-refractivity contribution in [2.45, 2.75) is 19.4 Å². The molecule has 0 bridgehead atoms. The fourth-order valence-electron chi connectivity index (χ4n) is 2.38. The highest BCUT2D eigenvalue weighted by molar-refractivity contribution is 7.07. The zero-order chi connectivity index (χ0) is 16.2. The number of aromatic nitrogens is 2. The molecule has 2 heterocycles. The van der Waals surface area contributed by atoms with Crippen LogP contribution in [0.5, 0.6) is 5.75 Å². The Bertz CT molecular complexity index is 796. The molecule has 0 saturated heterocycles. The van der Waals surface area contributed by atoms with Crippen molar-refractivity contribution in [3.05, 3.63) is 58.4 Å². The Morgan fingerprint density at radius 3 is 2.96 bits per heavy atom. The lowest BCUT2D eigenvalue weighted by atomic mass is 10.1. The first kappa shape index (κ1) is 15.3. The minimum atomic E-state index is -0.207. The zero-order valence-electron chi connectivity index (χ0n) is 12.6. The number of amides is 1. The van der Waals surface area contributed by atoms with Crippen LogP contribution in [-0.2, 0) is 6.42 Å². The van der Waals surface area contributed by atoms with Gasteiger partial charge < -0.3 is 10.4 Å². The van der Waals surface area contributed by atoms with Crippen LogP contribution >= 0.6 is 11.3 Å². The Morgan fingerprint density at radius 2 is 2.22 bits per heavy atom. The molecule has 5 nitrogen and oxygen atoms in total. The molecule has 2 aromatic heterocycles. The normalized spacial score (nSPS) is 12.0. The Morgan fingerprint density at radius 1 is 1.39 bits per heavy atom. The third-order valence-corrected chi connectivity index (χ3v) is 4.23. The van der Waals surface area contributed by atoms with E-state index in [4.69, 9.17) is 0 Å². The van der Waals surface area contributed by atoms with Crippen LogP contribution in [0.15, 0.2) is 47.2 Å². The molecule has 3 N–H and O–H groups in total. The molecule has 3 rings (SSSR count). The van der Waals surface area contributed by atoms with Gasteiger partial charge in [-0.3, -0.25) is 9.89 Å². The van der Waals surface area contributed by atoms with Crippen molar-refractivity contribution in [3.63, 3.8) is 0 Å². The lowest BCUT2D eigenvalue weighted by Crippen LogP contribution is -2.34.